The van der Waals surface area contributed by atoms with Gasteiger partial charge in [0.2, 0.25) is 15.9 Å². The molecule has 3 rings (SSSR count). The van der Waals surface area contributed by atoms with Crippen molar-refractivity contribution in [3.63, 3.8) is 0 Å². The van der Waals surface area contributed by atoms with Crippen molar-refractivity contribution in [2.24, 2.45) is 0 Å². The van der Waals surface area contributed by atoms with Gasteiger partial charge in [0.25, 0.3) is 0 Å². The number of anilines is 2. The Morgan fingerprint density at radius 3 is 2.46 bits per heavy atom. The third-order valence-electron chi connectivity index (χ3n) is 4.14. The number of nitrogens with one attached hydrogen (secondary N) is 1. The van der Waals surface area contributed by atoms with E-state index in [0.717, 1.165) is 21.3 Å². The number of benzene rings is 3. The van der Waals surface area contributed by atoms with Gasteiger partial charge in [-0.3, -0.25) is 9.10 Å². The van der Waals surface area contributed by atoms with Gasteiger partial charge in [-0.1, -0.05) is 36.4 Å². The number of amides is 1. The molecule has 1 amide bonds. The molecule has 6 nitrogen and oxygen atoms in total. The normalized spacial score (nSPS) is 11.2. The van der Waals surface area contributed by atoms with Crippen LogP contribution in [0, 0.1) is 0 Å². The first-order chi connectivity index (χ1) is 13.4. The Hall–Kier alpha value is -3.06. The zero-order valence-corrected chi connectivity index (χ0v) is 16.6. The van der Waals surface area contributed by atoms with E-state index in [9.17, 15) is 13.2 Å². The van der Waals surface area contributed by atoms with E-state index in [1.54, 1.807) is 30.3 Å². The minimum Gasteiger partial charge on any atom is -0.494 e. The molecular formula is C21H22N2O4S. The Balaban J connectivity index is 1.80. The lowest BCUT2D eigenvalue weighted by atomic mass is 10.1. The number of carbonyl (C=O) groups is 1. The minimum atomic E-state index is -3.65. The summed E-state index contributed by atoms with van der Waals surface area (Å²) in [5.74, 6) is 0.117. The predicted molar refractivity (Wildman–Crippen MR) is 112 cm³/mol. The minimum absolute atomic E-state index is 0.332. The van der Waals surface area contributed by atoms with Crippen LogP contribution in [0.4, 0.5) is 11.4 Å². The smallest absolute Gasteiger partial charge is 0.245 e. The van der Waals surface area contributed by atoms with Crippen LogP contribution in [0.15, 0.2) is 66.7 Å². The summed E-state index contributed by atoms with van der Waals surface area (Å²) in [4.78, 5) is 12.5. The Kier molecular flexibility index (Phi) is 5.84. The molecule has 1 N–H and O–H groups in total. The molecule has 0 aliphatic heterocycles. The molecule has 0 atom stereocenters. The summed E-state index contributed by atoms with van der Waals surface area (Å²) < 4.78 is 31.0. The molecule has 0 unspecified atom stereocenters. The van der Waals surface area contributed by atoms with Crippen molar-refractivity contribution >= 4 is 38.1 Å². The second-order valence-electron chi connectivity index (χ2n) is 6.31. The molecule has 28 heavy (non-hydrogen) atoms. The van der Waals surface area contributed by atoms with Gasteiger partial charge in [-0.2, -0.15) is 0 Å². The van der Waals surface area contributed by atoms with Gasteiger partial charge < -0.3 is 10.1 Å². The van der Waals surface area contributed by atoms with Crippen LogP contribution in [-0.2, 0) is 14.8 Å². The van der Waals surface area contributed by atoms with Crippen molar-refractivity contribution in [3.8, 4) is 5.75 Å². The number of hydrogen-bond donors (Lipinski definition) is 1. The van der Waals surface area contributed by atoms with Crippen LogP contribution in [0.1, 0.15) is 6.92 Å². The zero-order chi connectivity index (χ0) is 20.1. The lowest BCUT2D eigenvalue weighted by Gasteiger charge is -2.22. The van der Waals surface area contributed by atoms with Crippen LogP contribution in [-0.4, -0.2) is 33.7 Å². The molecule has 0 aliphatic carbocycles. The van der Waals surface area contributed by atoms with E-state index in [2.05, 4.69) is 5.32 Å². The maximum absolute atomic E-state index is 12.5. The maximum Gasteiger partial charge on any atom is 0.245 e. The summed E-state index contributed by atoms with van der Waals surface area (Å²) in [5, 5.41) is 4.82. The molecule has 3 aromatic carbocycles. The molecule has 0 saturated heterocycles. The largest absolute Gasteiger partial charge is 0.494 e. The van der Waals surface area contributed by atoms with Crippen molar-refractivity contribution in [2.75, 3.05) is 29.0 Å². The van der Waals surface area contributed by atoms with Crippen molar-refractivity contribution in [3.05, 3.63) is 66.7 Å². The molecule has 7 heteroatoms. The highest BCUT2D eigenvalue weighted by atomic mass is 32.2. The molecular weight excluding hydrogens is 376 g/mol. The van der Waals surface area contributed by atoms with Gasteiger partial charge in [0, 0.05) is 11.8 Å². The molecule has 3 aromatic rings. The molecule has 0 spiro atoms. The van der Waals surface area contributed by atoms with Gasteiger partial charge in [-0.05, 0) is 42.0 Å². The Morgan fingerprint density at radius 2 is 1.75 bits per heavy atom. The van der Waals surface area contributed by atoms with Gasteiger partial charge in [0.15, 0.2) is 0 Å². The lowest BCUT2D eigenvalue weighted by Crippen LogP contribution is -2.37. The van der Waals surface area contributed by atoms with Crippen LogP contribution >= 0.6 is 0 Å². The van der Waals surface area contributed by atoms with Crippen LogP contribution in [0.3, 0.4) is 0 Å². The van der Waals surface area contributed by atoms with Crippen molar-refractivity contribution < 1.29 is 17.9 Å². The van der Waals surface area contributed by atoms with Gasteiger partial charge >= 0.3 is 0 Å². The lowest BCUT2D eigenvalue weighted by molar-refractivity contribution is -0.114. The summed E-state index contributed by atoms with van der Waals surface area (Å²) in [6, 6.07) is 20.0. The van der Waals surface area contributed by atoms with Gasteiger partial charge in [0.05, 0.1) is 18.6 Å². The highest BCUT2D eigenvalue weighted by Gasteiger charge is 2.21. The first-order valence-electron chi connectivity index (χ1n) is 8.86. The van der Waals surface area contributed by atoms with E-state index < -0.39 is 15.9 Å². The number of rotatable bonds is 7. The zero-order valence-electron chi connectivity index (χ0n) is 15.8. The SMILES string of the molecule is CCOc1cccc(N(CC(=O)Nc2ccc3ccccc3c2)S(C)(=O)=O)c1. The fraction of sp³-hybridized carbons (Fsp3) is 0.190. The first-order valence-corrected chi connectivity index (χ1v) is 10.7. The van der Waals surface area contributed by atoms with Gasteiger partial charge in [0.1, 0.15) is 12.3 Å². The third kappa shape index (κ3) is 4.80. The van der Waals surface area contributed by atoms with Crippen LogP contribution in [0.5, 0.6) is 5.75 Å². The third-order valence-corrected chi connectivity index (χ3v) is 5.28. The van der Waals surface area contributed by atoms with E-state index in [0.29, 0.717) is 23.7 Å². The average molecular weight is 398 g/mol. The summed E-state index contributed by atoms with van der Waals surface area (Å²) in [6.45, 7) is 1.98. The Morgan fingerprint density at radius 1 is 1.00 bits per heavy atom. The number of nitrogens with zero attached hydrogens (tertiary/aromatic N) is 1. The summed E-state index contributed by atoms with van der Waals surface area (Å²) in [5.41, 5.74) is 0.988. The molecule has 0 heterocycles. The second kappa shape index (κ2) is 8.31. The standard InChI is InChI=1S/C21H22N2O4S/c1-3-27-20-10-6-9-19(14-20)23(28(2,25)26)15-21(24)22-18-12-11-16-7-4-5-8-17(16)13-18/h4-14H,3,15H2,1-2H3,(H,22,24). The van der Waals surface area contributed by atoms with Crippen LogP contribution < -0.4 is 14.4 Å². The Labute approximate surface area is 164 Å². The second-order valence-corrected chi connectivity index (χ2v) is 8.22. The Bertz CT molecular complexity index is 1100. The molecule has 146 valence electrons. The van der Waals surface area contributed by atoms with E-state index in [-0.39, 0.29) is 6.54 Å². The molecule has 0 aliphatic rings. The summed E-state index contributed by atoms with van der Waals surface area (Å²) in [6.07, 6.45) is 1.07. The van der Waals surface area contributed by atoms with E-state index >= 15 is 0 Å². The number of fused-ring (bicyclic) bond motifs is 1. The van der Waals surface area contributed by atoms with Crippen molar-refractivity contribution in [1.82, 2.24) is 0 Å². The topological polar surface area (TPSA) is 75.7 Å². The van der Waals surface area contributed by atoms with Gasteiger partial charge in [-0.25, -0.2) is 8.42 Å². The fourth-order valence-corrected chi connectivity index (χ4v) is 3.74. The molecule has 0 aromatic heterocycles. The quantitative estimate of drug-likeness (QED) is 0.659. The summed E-state index contributed by atoms with van der Waals surface area (Å²) >= 11 is 0. The van der Waals surface area contributed by atoms with Gasteiger partial charge in [-0.15, -0.1) is 0 Å². The number of sulfonamides is 1. The van der Waals surface area contributed by atoms with Crippen LogP contribution in [0.2, 0.25) is 0 Å². The number of ether oxygens (including phenoxy) is 1. The van der Waals surface area contributed by atoms with Crippen molar-refractivity contribution in [2.45, 2.75) is 6.92 Å². The highest BCUT2D eigenvalue weighted by Crippen LogP contribution is 2.24. The average Bonchev–Trinajstić information content (AvgIpc) is 2.65. The molecule has 0 saturated carbocycles. The highest BCUT2D eigenvalue weighted by molar-refractivity contribution is 7.92. The maximum atomic E-state index is 12.5. The number of hydrogen-bond acceptors (Lipinski definition) is 4. The molecule has 0 fully saturated rings. The molecule has 0 bridgehead atoms. The van der Waals surface area contributed by atoms with E-state index in [4.69, 9.17) is 4.74 Å². The predicted octanol–water partition coefficient (Wildman–Crippen LogP) is 3.64. The fourth-order valence-electron chi connectivity index (χ4n) is 2.89. The number of carbonyl (C=O) groups excluding carboxylic acids is 1. The van der Waals surface area contributed by atoms with E-state index in [1.807, 2.05) is 43.3 Å². The van der Waals surface area contributed by atoms with E-state index in [1.165, 1.54) is 0 Å². The monoisotopic (exact) mass is 398 g/mol. The molecule has 0 radical (unpaired) electrons. The van der Waals surface area contributed by atoms with Crippen molar-refractivity contribution in [1.29, 1.82) is 0 Å². The first kappa shape index (κ1) is 19.7. The van der Waals surface area contributed by atoms with Crippen LogP contribution in [0.25, 0.3) is 10.8 Å². The summed E-state index contributed by atoms with van der Waals surface area (Å²) in [7, 11) is -3.65.